The van der Waals surface area contributed by atoms with Gasteiger partial charge < -0.3 is 0 Å². The highest BCUT2D eigenvalue weighted by atomic mass is 16.1. The lowest BCUT2D eigenvalue weighted by molar-refractivity contribution is -0.125. The molecule has 0 spiro atoms. The summed E-state index contributed by atoms with van der Waals surface area (Å²) in [5, 5.41) is 0. The Labute approximate surface area is 54.4 Å². The average Bonchev–Trinajstić information content (AvgIpc) is 2.38. The van der Waals surface area contributed by atoms with Gasteiger partial charge in [-0.3, -0.25) is 4.79 Å². The molecule has 0 amide bonds. The fourth-order valence-electron chi connectivity index (χ4n) is 2.68. The van der Waals surface area contributed by atoms with Gasteiger partial charge in [-0.2, -0.15) is 0 Å². The first-order chi connectivity index (χ1) is 4.38. The maximum absolute atomic E-state index is 11.2. The van der Waals surface area contributed by atoms with E-state index in [1.54, 1.807) is 0 Å². The van der Waals surface area contributed by atoms with Crippen molar-refractivity contribution in [1.82, 2.24) is 0 Å². The van der Waals surface area contributed by atoms with Crippen molar-refractivity contribution >= 4 is 5.78 Å². The molecule has 0 aromatic carbocycles. The molecule has 3 rings (SSSR count). The third-order valence-electron chi connectivity index (χ3n) is 3.45. The van der Waals surface area contributed by atoms with Crippen molar-refractivity contribution in [3.05, 3.63) is 0 Å². The quantitative estimate of drug-likeness (QED) is 0.472. The summed E-state index contributed by atoms with van der Waals surface area (Å²) in [6.07, 6.45) is 3.83. The molecule has 0 aromatic rings. The van der Waals surface area contributed by atoms with Crippen molar-refractivity contribution in [2.24, 2.45) is 23.7 Å². The van der Waals surface area contributed by atoms with Crippen LogP contribution in [0.25, 0.3) is 0 Å². The molecule has 3 saturated carbocycles. The first-order valence-electron chi connectivity index (χ1n) is 3.91. The summed E-state index contributed by atoms with van der Waals surface area (Å²) in [4.78, 5) is 11.2. The van der Waals surface area contributed by atoms with Crippen LogP contribution in [0.2, 0.25) is 0 Å². The van der Waals surface area contributed by atoms with E-state index in [9.17, 15) is 4.79 Å². The van der Waals surface area contributed by atoms with Crippen LogP contribution < -0.4 is 0 Å². The van der Waals surface area contributed by atoms with Gasteiger partial charge in [0.1, 0.15) is 5.78 Å². The van der Waals surface area contributed by atoms with Gasteiger partial charge in [0.15, 0.2) is 0 Å². The highest BCUT2D eigenvalue weighted by molar-refractivity contribution is 5.90. The molecule has 0 aromatic heterocycles. The van der Waals surface area contributed by atoms with Crippen LogP contribution in [-0.2, 0) is 4.79 Å². The lowest BCUT2D eigenvalue weighted by atomic mass is 9.73. The largest absolute Gasteiger partial charge is 0.299 e. The van der Waals surface area contributed by atoms with Crippen molar-refractivity contribution in [3.8, 4) is 0 Å². The Morgan fingerprint density at radius 1 is 1.11 bits per heavy atom. The molecule has 9 heavy (non-hydrogen) atoms. The van der Waals surface area contributed by atoms with E-state index >= 15 is 0 Å². The number of rotatable bonds is 0. The van der Waals surface area contributed by atoms with E-state index in [0.29, 0.717) is 17.6 Å². The summed E-state index contributed by atoms with van der Waals surface area (Å²) in [7, 11) is 0. The van der Waals surface area contributed by atoms with Gasteiger partial charge in [0.05, 0.1) is 0 Å². The Hall–Kier alpha value is -0.330. The molecule has 0 bridgehead atoms. The highest BCUT2D eigenvalue weighted by Crippen LogP contribution is 2.62. The Morgan fingerprint density at radius 3 is 2.33 bits per heavy atom. The molecule has 3 fully saturated rings. The zero-order valence-electron chi connectivity index (χ0n) is 5.34. The maximum atomic E-state index is 11.2. The second-order valence-corrected chi connectivity index (χ2v) is 3.76. The van der Waals surface area contributed by atoms with Crippen LogP contribution in [0.5, 0.6) is 0 Å². The molecular weight excluding hydrogens is 112 g/mol. The zero-order valence-corrected chi connectivity index (χ0v) is 5.34. The van der Waals surface area contributed by atoms with Crippen molar-refractivity contribution in [3.63, 3.8) is 0 Å². The summed E-state index contributed by atoms with van der Waals surface area (Å²) >= 11 is 0. The maximum Gasteiger partial charge on any atom is 0.139 e. The molecule has 4 unspecified atom stereocenters. The third kappa shape index (κ3) is 0.347. The molecular formula is C8H10O. The van der Waals surface area contributed by atoms with Crippen LogP contribution in [0.4, 0.5) is 0 Å². The van der Waals surface area contributed by atoms with E-state index in [1.807, 2.05) is 0 Å². The summed E-state index contributed by atoms with van der Waals surface area (Å²) in [6, 6.07) is 0. The number of carbonyl (C=O) groups excluding carboxylic acids is 1. The lowest BCUT2D eigenvalue weighted by Crippen LogP contribution is -2.28. The minimum absolute atomic E-state index is 0.550. The van der Waals surface area contributed by atoms with Crippen molar-refractivity contribution in [2.45, 2.75) is 19.3 Å². The van der Waals surface area contributed by atoms with Gasteiger partial charge >= 0.3 is 0 Å². The average molecular weight is 122 g/mol. The van der Waals surface area contributed by atoms with E-state index in [-0.39, 0.29) is 0 Å². The summed E-state index contributed by atoms with van der Waals surface area (Å²) in [6.45, 7) is 0. The minimum atomic E-state index is 0.550. The molecule has 4 atom stereocenters. The Morgan fingerprint density at radius 2 is 2.00 bits per heavy atom. The summed E-state index contributed by atoms with van der Waals surface area (Å²) in [5.74, 6) is 3.46. The molecule has 3 aliphatic carbocycles. The molecule has 1 heteroatoms. The van der Waals surface area contributed by atoms with Crippen LogP contribution in [0, 0.1) is 23.7 Å². The molecule has 0 aliphatic heterocycles. The molecule has 48 valence electrons. The van der Waals surface area contributed by atoms with Crippen LogP contribution in [-0.4, -0.2) is 5.78 Å². The topological polar surface area (TPSA) is 17.1 Å². The monoisotopic (exact) mass is 122 g/mol. The lowest BCUT2D eigenvalue weighted by Gasteiger charge is -2.30. The fraction of sp³-hybridized carbons (Fsp3) is 0.875. The molecule has 0 N–H and O–H groups in total. The Kier molecular flexibility index (Phi) is 0.544. The molecule has 3 aliphatic rings. The molecule has 0 radical (unpaired) electrons. The Balaban J connectivity index is 2.00. The predicted octanol–water partition coefficient (Wildman–Crippen LogP) is 1.23. The third-order valence-corrected chi connectivity index (χ3v) is 3.45. The van der Waals surface area contributed by atoms with Crippen molar-refractivity contribution in [1.29, 1.82) is 0 Å². The van der Waals surface area contributed by atoms with E-state index in [2.05, 4.69) is 0 Å². The number of carbonyl (C=O) groups is 1. The van der Waals surface area contributed by atoms with Crippen LogP contribution >= 0.6 is 0 Å². The zero-order chi connectivity index (χ0) is 6.01. The minimum Gasteiger partial charge on any atom is -0.299 e. The molecule has 0 heterocycles. The summed E-state index contributed by atoms with van der Waals surface area (Å²) < 4.78 is 0. The van der Waals surface area contributed by atoms with E-state index < -0.39 is 0 Å². The van der Waals surface area contributed by atoms with Crippen molar-refractivity contribution < 1.29 is 4.79 Å². The van der Waals surface area contributed by atoms with E-state index in [4.69, 9.17) is 0 Å². The molecule has 0 saturated heterocycles. The second kappa shape index (κ2) is 1.09. The van der Waals surface area contributed by atoms with Crippen LogP contribution in [0.3, 0.4) is 0 Å². The second-order valence-electron chi connectivity index (χ2n) is 3.76. The number of fused-ring (bicyclic) bond motifs is 3. The Bertz CT molecular complexity index is 185. The normalized spacial score (nSPS) is 60.2. The number of hydrogen-bond acceptors (Lipinski definition) is 1. The summed E-state index contributed by atoms with van der Waals surface area (Å²) in [5.41, 5.74) is 0. The van der Waals surface area contributed by atoms with Gasteiger partial charge in [-0.05, 0) is 31.1 Å². The van der Waals surface area contributed by atoms with Gasteiger partial charge in [-0.25, -0.2) is 0 Å². The number of hydrogen-bond donors (Lipinski definition) is 0. The fourth-order valence-corrected chi connectivity index (χ4v) is 2.68. The predicted molar refractivity (Wildman–Crippen MR) is 32.8 cm³/mol. The van der Waals surface area contributed by atoms with E-state index in [0.717, 1.165) is 11.8 Å². The number of ketones is 1. The van der Waals surface area contributed by atoms with Gasteiger partial charge in [0, 0.05) is 11.8 Å². The van der Waals surface area contributed by atoms with Crippen LogP contribution in [0.15, 0.2) is 0 Å². The van der Waals surface area contributed by atoms with Crippen LogP contribution in [0.1, 0.15) is 19.3 Å². The molecule has 1 nitrogen and oxygen atoms in total. The van der Waals surface area contributed by atoms with Gasteiger partial charge in [-0.1, -0.05) is 0 Å². The smallest absolute Gasteiger partial charge is 0.139 e. The van der Waals surface area contributed by atoms with Gasteiger partial charge in [0.25, 0.3) is 0 Å². The van der Waals surface area contributed by atoms with Gasteiger partial charge in [0.2, 0.25) is 0 Å². The van der Waals surface area contributed by atoms with Crippen molar-refractivity contribution in [2.75, 3.05) is 0 Å². The standard InChI is InChI=1S/C8H10O/c9-8-5-2-1-4(5)6-3-7(6)8/h4-7H,1-3H2. The number of Topliss-reactive ketones (excluding diaryl/α,β-unsaturated/α-hetero) is 1. The van der Waals surface area contributed by atoms with Gasteiger partial charge in [-0.15, -0.1) is 0 Å². The SMILES string of the molecule is O=C1C2CCC2C2CC12. The highest BCUT2D eigenvalue weighted by Gasteiger charge is 2.62. The first kappa shape index (κ1) is 4.48. The first-order valence-corrected chi connectivity index (χ1v) is 3.91. The van der Waals surface area contributed by atoms with E-state index in [1.165, 1.54) is 19.3 Å².